The minimum Gasteiger partial charge on any atom is -0.497 e. The number of carbonyl (C=O) groups excluding carboxylic acids is 1. The number of amides is 1. The zero-order valence-corrected chi connectivity index (χ0v) is 15.8. The van der Waals surface area contributed by atoms with Gasteiger partial charge in [-0.15, -0.1) is 16.8 Å². The predicted octanol–water partition coefficient (Wildman–Crippen LogP) is 3.29. The first-order chi connectivity index (χ1) is 12.7. The van der Waals surface area contributed by atoms with Crippen LogP contribution in [0.2, 0.25) is 0 Å². The molecule has 1 aliphatic rings. The van der Waals surface area contributed by atoms with Gasteiger partial charge in [-0.25, -0.2) is 0 Å². The molecule has 1 fully saturated rings. The highest BCUT2D eigenvalue weighted by atomic mass is 32.2. The summed E-state index contributed by atoms with van der Waals surface area (Å²) in [7, 11) is 1.64. The number of hydrogen-bond acceptors (Lipinski definition) is 5. The van der Waals surface area contributed by atoms with Crippen LogP contribution in [0.25, 0.3) is 11.4 Å². The maximum atomic E-state index is 12.2. The highest BCUT2D eigenvalue weighted by molar-refractivity contribution is 7.99. The molecule has 1 aliphatic carbocycles. The van der Waals surface area contributed by atoms with Crippen LogP contribution in [-0.4, -0.2) is 39.6 Å². The standard InChI is InChI=1S/C19H24N4O2S/c1-3-12-23-18(14-8-10-16(25-2)11-9-14)21-22-19(23)26-13-17(24)20-15-6-4-5-7-15/h3,8-11,15H,1,4-7,12-13H2,2H3,(H,20,24). The number of carbonyl (C=O) groups is 1. The predicted molar refractivity (Wildman–Crippen MR) is 103 cm³/mol. The lowest BCUT2D eigenvalue weighted by Gasteiger charge is -2.12. The van der Waals surface area contributed by atoms with Crippen LogP contribution in [-0.2, 0) is 11.3 Å². The van der Waals surface area contributed by atoms with Crippen molar-refractivity contribution in [2.45, 2.75) is 43.4 Å². The SMILES string of the molecule is C=CCn1c(SCC(=O)NC2CCCC2)nnc1-c1ccc(OC)cc1. The van der Waals surface area contributed by atoms with E-state index in [1.54, 1.807) is 13.2 Å². The van der Waals surface area contributed by atoms with E-state index in [0.717, 1.165) is 35.1 Å². The molecular weight excluding hydrogens is 348 g/mol. The van der Waals surface area contributed by atoms with E-state index in [9.17, 15) is 4.79 Å². The molecule has 1 N–H and O–H groups in total. The number of benzene rings is 1. The molecule has 0 bridgehead atoms. The van der Waals surface area contributed by atoms with Gasteiger partial charge in [-0.1, -0.05) is 30.7 Å². The third-order valence-corrected chi connectivity index (χ3v) is 5.40. The number of aromatic nitrogens is 3. The minimum atomic E-state index is 0.0565. The first-order valence-corrected chi connectivity index (χ1v) is 9.80. The lowest BCUT2D eigenvalue weighted by Crippen LogP contribution is -2.33. The Bertz CT molecular complexity index is 751. The lowest BCUT2D eigenvalue weighted by atomic mass is 10.2. The van der Waals surface area contributed by atoms with Crippen molar-refractivity contribution < 1.29 is 9.53 Å². The van der Waals surface area contributed by atoms with Crippen molar-refractivity contribution in [2.75, 3.05) is 12.9 Å². The van der Waals surface area contributed by atoms with Crippen molar-refractivity contribution in [1.82, 2.24) is 20.1 Å². The Labute approximate surface area is 158 Å². The number of methoxy groups -OCH3 is 1. The van der Waals surface area contributed by atoms with E-state index in [-0.39, 0.29) is 5.91 Å². The summed E-state index contributed by atoms with van der Waals surface area (Å²) in [4.78, 5) is 12.2. The molecule has 0 atom stereocenters. The molecule has 1 aromatic carbocycles. The van der Waals surface area contributed by atoms with Gasteiger partial charge in [-0.05, 0) is 37.1 Å². The van der Waals surface area contributed by atoms with Crippen LogP contribution in [0, 0.1) is 0 Å². The molecule has 138 valence electrons. The number of rotatable bonds is 8. The normalized spacial score (nSPS) is 14.3. The summed E-state index contributed by atoms with van der Waals surface area (Å²) in [6.07, 6.45) is 6.39. The highest BCUT2D eigenvalue weighted by Gasteiger charge is 2.19. The molecule has 7 heteroatoms. The largest absolute Gasteiger partial charge is 0.497 e. The summed E-state index contributed by atoms with van der Waals surface area (Å²) in [6.45, 7) is 4.40. The quantitative estimate of drug-likeness (QED) is 0.569. The van der Waals surface area contributed by atoms with Crippen LogP contribution in [0.15, 0.2) is 42.1 Å². The molecule has 1 amide bonds. The Hall–Kier alpha value is -2.28. The molecule has 1 aromatic heterocycles. The molecule has 0 unspecified atom stereocenters. The number of thioether (sulfide) groups is 1. The Morgan fingerprint density at radius 3 is 2.73 bits per heavy atom. The maximum Gasteiger partial charge on any atom is 0.230 e. The van der Waals surface area contributed by atoms with Crippen LogP contribution in [0.3, 0.4) is 0 Å². The van der Waals surface area contributed by atoms with E-state index in [0.29, 0.717) is 18.3 Å². The number of nitrogens with zero attached hydrogens (tertiary/aromatic N) is 3. The van der Waals surface area contributed by atoms with E-state index in [4.69, 9.17) is 4.74 Å². The fourth-order valence-electron chi connectivity index (χ4n) is 3.11. The van der Waals surface area contributed by atoms with Crippen molar-refractivity contribution >= 4 is 17.7 Å². The van der Waals surface area contributed by atoms with Gasteiger partial charge in [-0.2, -0.15) is 0 Å². The molecule has 0 saturated heterocycles. The summed E-state index contributed by atoms with van der Waals surface area (Å²) in [6, 6.07) is 8.02. The average Bonchev–Trinajstić information content (AvgIpc) is 3.30. The Balaban J connectivity index is 1.69. The zero-order valence-electron chi connectivity index (χ0n) is 15.0. The number of ether oxygens (including phenoxy) is 1. The summed E-state index contributed by atoms with van der Waals surface area (Å²) in [5.41, 5.74) is 0.947. The van der Waals surface area contributed by atoms with Crippen molar-refractivity contribution in [1.29, 1.82) is 0 Å². The van der Waals surface area contributed by atoms with Crippen molar-refractivity contribution in [3.8, 4) is 17.1 Å². The molecule has 26 heavy (non-hydrogen) atoms. The van der Waals surface area contributed by atoms with E-state index in [1.807, 2.05) is 28.8 Å². The molecular formula is C19H24N4O2S. The van der Waals surface area contributed by atoms with E-state index >= 15 is 0 Å². The topological polar surface area (TPSA) is 69.0 Å². The van der Waals surface area contributed by atoms with Gasteiger partial charge >= 0.3 is 0 Å². The summed E-state index contributed by atoms with van der Waals surface area (Å²) >= 11 is 1.41. The van der Waals surface area contributed by atoms with Crippen LogP contribution < -0.4 is 10.1 Å². The van der Waals surface area contributed by atoms with E-state index in [2.05, 4.69) is 22.1 Å². The third kappa shape index (κ3) is 4.46. The fourth-order valence-corrected chi connectivity index (χ4v) is 3.87. The Kier molecular flexibility index (Phi) is 6.33. The second-order valence-corrected chi connectivity index (χ2v) is 7.21. The molecule has 0 radical (unpaired) electrons. The number of allylic oxidation sites excluding steroid dienone is 1. The molecule has 6 nitrogen and oxygen atoms in total. The lowest BCUT2D eigenvalue weighted by molar-refractivity contribution is -0.119. The maximum absolute atomic E-state index is 12.2. The van der Waals surface area contributed by atoms with Gasteiger partial charge in [0.15, 0.2) is 11.0 Å². The van der Waals surface area contributed by atoms with Crippen molar-refractivity contribution in [3.05, 3.63) is 36.9 Å². The van der Waals surface area contributed by atoms with Crippen LogP contribution >= 0.6 is 11.8 Å². The summed E-state index contributed by atoms with van der Waals surface area (Å²) < 4.78 is 7.17. The van der Waals surface area contributed by atoms with E-state index in [1.165, 1.54) is 24.6 Å². The van der Waals surface area contributed by atoms with Gasteiger partial charge in [0.1, 0.15) is 5.75 Å². The van der Waals surface area contributed by atoms with Gasteiger partial charge in [0.25, 0.3) is 0 Å². The van der Waals surface area contributed by atoms with Gasteiger partial charge in [0.05, 0.1) is 12.9 Å². The monoisotopic (exact) mass is 372 g/mol. The number of hydrogen-bond donors (Lipinski definition) is 1. The molecule has 3 rings (SSSR count). The first-order valence-electron chi connectivity index (χ1n) is 8.82. The molecule has 1 heterocycles. The molecule has 1 saturated carbocycles. The average molecular weight is 372 g/mol. The van der Waals surface area contributed by atoms with Gasteiger partial charge in [-0.3, -0.25) is 9.36 Å². The number of nitrogens with one attached hydrogen (secondary N) is 1. The van der Waals surface area contributed by atoms with Gasteiger partial charge in [0.2, 0.25) is 5.91 Å². The van der Waals surface area contributed by atoms with Crippen molar-refractivity contribution in [2.24, 2.45) is 0 Å². The summed E-state index contributed by atoms with van der Waals surface area (Å²) in [5.74, 6) is 1.95. The highest BCUT2D eigenvalue weighted by Crippen LogP contribution is 2.26. The summed E-state index contributed by atoms with van der Waals surface area (Å²) in [5, 5.41) is 12.4. The second-order valence-electron chi connectivity index (χ2n) is 6.27. The van der Waals surface area contributed by atoms with Crippen LogP contribution in [0.4, 0.5) is 0 Å². The molecule has 0 aliphatic heterocycles. The Morgan fingerprint density at radius 1 is 1.35 bits per heavy atom. The Morgan fingerprint density at radius 2 is 2.08 bits per heavy atom. The van der Waals surface area contributed by atoms with E-state index < -0.39 is 0 Å². The zero-order chi connectivity index (χ0) is 18.4. The fraction of sp³-hybridized carbons (Fsp3) is 0.421. The second kappa shape index (κ2) is 8.89. The molecule has 0 spiro atoms. The van der Waals surface area contributed by atoms with Crippen LogP contribution in [0.5, 0.6) is 5.75 Å². The van der Waals surface area contributed by atoms with Gasteiger partial charge in [0, 0.05) is 18.2 Å². The van der Waals surface area contributed by atoms with Gasteiger partial charge < -0.3 is 10.1 Å². The first kappa shape index (κ1) is 18.5. The minimum absolute atomic E-state index is 0.0565. The van der Waals surface area contributed by atoms with Crippen LogP contribution in [0.1, 0.15) is 25.7 Å². The smallest absolute Gasteiger partial charge is 0.230 e. The molecule has 2 aromatic rings. The van der Waals surface area contributed by atoms with Crippen molar-refractivity contribution in [3.63, 3.8) is 0 Å². The third-order valence-electron chi connectivity index (χ3n) is 4.43.